The van der Waals surface area contributed by atoms with Gasteiger partial charge in [-0.2, -0.15) is 23.4 Å². The quantitative estimate of drug-likeness (QED) is 0.887. The summed E-state index contributed by atoms with van der Waals surface area (Å²) in [6.07, 6.45) is -0.408. The van der Waals surface area contributed by atoms with E-state index >= 15 is 0 Å². The van der Waals surface area contributed by atoms with Crippen LogP contribution >= 0.6 is 15.9 Å². The molecule has 0 aliphatic rings. The summed E-state index contributed by atoms with van der Waals surface area (Å²) in [5.74, 6) is -0.401. The summed E-state index contributed by atoms with van der Waals surface area (Å²) < 4.78 is 39.7. The second kappa shape index (κ2) is 6.11. The van der Waals surface area contributed by atoms with Crippen molar-refractivity contribution < 1.29 is 18.0 Å². The summed E-state index contributed by atoms with van der Waals surface area (Å²) in [6.45, 7) is 2.21. The standard InChI is InChI=1S/C12H13BrF3N5O/c1-7-10(13)5-21(19-7)8(2)11(22)18-9-3-17-20(4-9)6-12(14,15)16/h3-5,8H,6H2,1-2H3,(H,18,22). The van der Waals surface area contributed by atoms with E-state index in [9.17, 15) is 18.0 Å². The van der Waals surface area contributed by atoms with Gasteiger partial charge in [0.25, 0.3) is 0 Å². The molecule has 2 heterocycles. The van der Waals surface area contributed by atoms with E-state index in [1.54, 1.807) is 20.0 Å². The number of hydrogen-bond acceptors (Lipinski definition) is 3. The van der Waals surface area contributed by atoms with E-state index in [0.717, 1.165) is 21.0 Å². The van der Waals surface area contributed by atoms with Gasteiger partial charge in [-0.25, -0.2) is 0 Å². The van der Waals surface area contributed by atoms with Crippen LogP contribution in [0.3, 0.4) is 0 Å². The minimum Gasteiger partial charge on any atom is -0.322 e. The Hall–Kier alpha value is -1.84. The van der Waals surface area contributed by atoms with Crippen molar-refractivity contribution in [3.8, 4) is 0 Å². The number of halogens is 4. The minimum absolute atomic E-state index is 0.198. The molecule has 0 aliphatic carbocycles. The second-order valence-corrected chi connectivity index (χ2v) is 5.60. The largest absolute Gasteiger partial charge is 0.408 e. The van der Waals surface area contributed by atoms with Crippen LogP contribution in [-0.4, -0.2) is 31.6 Å². The fourth-order valence-corrected chi connectivity index (χ4v) is 2.01. The van der Waals surface area contributed by atoms with Crippen molar-refractivity contribution in [2.45, 2.75) is 32.6 Å². The molecule has 0 aromatic carbocycles. The first-order valence-electron chi connectivity index (χ1n) is 6.27. The number of aryl methyl sites for hydroxylation is 1. The number of nitrogens with one attached hydrogen (secondary N) is 1. The fourth-order valence-electron chi connectivity index (χ4n) is 1.72. The van der Waals surface area contributed by atoms with Crippen LogP contribution in [0.5, 0.6) is 0 Å². The topological polar surface area (TPSA) is 64.7 Å². The molecule has 0 bridgehead atoms. The van der Waals surface area contributed by atoms with Crippen LogP contribution in [0.4, 0.5) is 18.9 Å². The van der Waals surface area contributed by atoms with E-state index in [1.807, 2.05) is 0 Å². The van der Waals surface area contributed by atoms with Crippen LogP contribution in [0.1, 0.15) is 18.7 Å². The number of amides is 1. The van der Waals surface area contributed by atoms with Crippen LogP contribution in [0.15, 0.2) is 23.1 Å². The maximum Gasteiger partial charge on any atom is 0.408 e. The molecule has 2 rings (SSSR count). The molecule has 0 saturated carbocycles. The number of alkyl halides is 3. The number of aromatic nitrogens is 4. The normalized spacial score (nSPS) is 13.2. The summed E-state index contributed by atoms with van der Waals surface area (Å²) in [4.78, 5) is 12.1. The molecule has 10 heteroatoms. The van der Waals surface area contributed by atoms with Crippen LogP contribution in [0.25, 0.3) is 0 Å². The van der Waals surface area contributed by atoms with Crippen LogP contribution in [0, 0.1) is 6.92 Å². The summed E-state index contributed by atoms with van der Waals surface area (Å²) in [5.41, 5.74) is 0.932. The number of anilines is 1. The number of carbonyl (C=O) groups is 1. The molecule has 1 unspecified atom stereocenters. The van der Waals surface area contributed by atoms with Crippen molar-refractivity contribution in [3.63, 3.8) is 0 Å². The van der Waals surface area contributed by atoms with Gasteiger partial charge in [-0.1, -0.05) is 0 Å². The molecule has 22 heavy (non-hydrogen) atoms. The molecule has 0 aliphatic heterocycles. The summed E-state index contributed by atoms with van der Waals surface area (Å²) in [7, 11) is 0. The molecule has 0 fully saturated rings. The average Bonchev–Trinajstić information content (AvgIpc) is 2.94. The van der Waals surface area contributed by atoms with Crippen molar-refractivity contribution in [2.75, 3.05) is 5.32 Å². The molecule has 0 saturated heterocycles. The van der Waals surface area contributed by atoms with E-state index in [4.69, 9.17) is 0 Å². The summed E-state index contributed by atoms with van der Waals surface area (Å²) in [6, 6.07) is -0.615. The first kappa shape index (κ1) is 16.5. The lowest BCUT2D eigenvalue weighted by Gasteiger charge is -2.11. The Morgan fingerprint density at radius 3 is 2.68 bits per heavy atom. The SMILES string of the molecule is Cc1nn(C(C)C(=O)Nc2cnn(CC(F)(F)F)c2)cc1Br. The summed E-state index contributed by atoms with van der Waals surface area (Å²) in [5, 5.41) is 10.2. The fraction of sp³-hybridized carbons (Fsp3) is 0.417. The molecule has 0 radical (unpaired) electrons. The molecule has 120 valence electrons. The van der Waals surface area contributed by atoms with Gasteiger partial charge in [-0.15, -0.1) is 0 Å². The van der Waals surface area contributed by atoms with Crippen molar-refractivity contribution in [1.29, 1.82) is 0 Å². The third-order valence-electron chi connectivity index (χ3n) is 2.88. The predicted octanol–water partition coefficient (Wildman–Crippen LogP) is 2.91. The molecular weight excluding hydrogens is 367 g/mol. The Labute approximate surface area is 132 Å². The highest BCUT2D eigenvalue weighted by Crippen LogP contribution is 2.20. The Bertz CT molecular complexity index is 659. The van der Waals surface area contributed by atoms with Gasteiger partial charge in [0.15, 0.2) is 0 Å². The third-order valence-corrected chi connectivity index (χ3v) is 3.65. The van der Waals surface area contributed by atoms with Crippen molar-refractivity contribution >= 4 is 27.5 Å². The Morgan fingerprint density at radius 1 is 1.45 bits per heavy atom. The van der Waals surface area contributed by atoms with Gasteiger partial charge in [0, 0.05) is 12.4 Å². The smallest absolute Gasteiger partial charge is 0.322 e. The highest BCUT2D eigenvalue weighted by atomic mass is 79.9. The van der Waals surface area contributed by atoms with E-state index in [-0.39, 0.29) is 5.69 Å². The van der Waals surface area contributed by atoms with Crippen LogP contribution < -0.4 is 5.32 Å². The van der Waals surface area contributed by atoms with Gasteiger partial charge >= 0.3 is 6.18 Å². The van der Waals surface area contributed by atoms with Crippen molar-refractivity contribution in [1.82, 2.24) is 19.6 Å². The van der Waals surface area contributed by atoms with Gasteiger partial charge < -0.3 is 5.32 Å². The van der Waals surface area contributed by atoms with E-state index in [2.05, 4.69) is 31.4 Å². The molecule has 2 aromatic rings. The van der Waals surface area contributed by atoms with E-state index in [1.165, 1.54) is 10.9 Å². The molecule has 6 nitrogen and oxygen atoms in total. The number of hydrogen-bond donors (Lipinski definition) is 1. The van der Waals surface area contributed by atoms with Crippen LogP contribution in [-0.2, 0) is 11.3 Å². The lowest BCUT2D eigenvalue weighted by molar-refractivity contribution is -0.142. The van der Waals surface area contributed by atoms with Gasteiger partial charge in [-0.3, -0.25) is 14.2 Å². The predicted molar refractivity (Wildman–Crippen MR) is 76.3 cm³/mol. The van der Waals surface area contributed by atoms with E-state index < -0.39 is 24.7 Å². The molecule has 1 atom stereocenters. The zero-order valence-corrected chi connectivity index (χ0v) is 13.3. The second-order valence-electron chi connectivity index (χ2n) is 4.75. The zero-order valence-electron chi connectivity index (χ0n) is 11.7. The maximum absolute atomic E-state index is 12.2. The third kappa shape index (κ3) is 4.09. The number of carbonyl (C=O) groups excluding carboxylic acids is 1. The van der Waals surface area contributed by atoms with Crippen LogP contribution in [0.2, 0.25) is 0 Å². The van der Waals surface area contributed by atoms with Gasteiger partial charge in [-0.05, 0) is 29.8 Å². The van der Waals surface area contributed by atoms with E-state index in [0.29, 0.717) is 0 Å². The average molecular weight is 380 g/mol. The first-order chi connectivity index (χ1) is 10.2. The first-order valence-corrected chi connectivity index (χ1v) is 7.06. The maximum atomic E-state index is 12.2. The van der Waals surface area contributed by atoms with Crippen molar-refractivity contribution in [2.24, 2.45) is 0 Å². The number of nitrogens with zero attached hydrogens (tertiary/aromatic N) is 4. The monoisotopic (exact) mass is 379 g/mol. The molecule has 1 N–H and O–H groups in total. The van der Waals surface area contributed by atoms with Gasteiger partial charge in [0.1, 0.15) is 12.6 Å². The Kier molecular flexibility index (Phi) is 4.59. The molecular formula is C12H13BrF3N5O. The lowest BCUT2D eigenvalue weighted by atomic mass is 10.3. The van der Waals surface area contributed by atoms with Crippen molar-refractivity contribution in [3.05, 3.63) is 28.8 Å². The highest BCUT2D eigenvalue weighted by molar-refractivity contribution is 9.10. The Balaban J connectivity index is 2.02. The van der Waals surface area contributed by atoms with Gasteiger partial charge in [0.2, 0.25) is 5.91 Å². The molecule has 1 amide bonds. The summed E-state index contributed by atoms with van der Waals surface area (Å²) >= 11 is 3.30. The Morgan fingerprint density at radius 2 is 2.14 bits per heavy atom. The molecule has 2 aromatic heterocycles. The molecule has 0 spiro atoms. The minimum atomic E-state index is -4.36. The highest BCUT2D eigenvalue weighted by Gasteiger charge is 2.28. The lowest BCUT2D eigenvalue weighted by Crippen LogP contribution is -2.24. The zero-order chi connectivity index (χ0) is 16.5. The number of rotatable bonds is 4. The van der Waals surface area contributed by atoms with Gasteiger partial charge in [0.05, 0.1) is 22.1 Å².